The summed E-state index contributed by atoms with van der Waals surface area (Å²) in [6, 6.07) is 4.40. The summed E-state index contributed by atoms with van der Waals surface area (Å²) in [6.07, 6.45) is 2.17. The van der Waals surface area contributed by atoms with Gasteiger partial charge in [0.1, 0.15) is 11.5 Å². The Kier molecular flexibility index (Phi) is 11.8. The Balaban J connectivity index is 0.000000830. The van der Waals surface area contributed by atoms with Crippen molar-refractivity contribution in [3.63, 3.8) is 0 Å². The van der Waals surface area contributed by atoms with Crippen molar-refractivity contribution in [1.29, 1.82) is 0 Å². The number of ether oxygens (including phenoxy) is 2. The zero-order chi connectivity index (χ0) is 27.0. The zero-order valence-electron chi connectivity index (χ0n) is 22.0. The molecule has 0 N–H and O–H groups in total. The van der Waals surface area contributed by atoms with Gasteiger partial charge in [0.05, 0.1) is 16.6 Å². The predicted molar refractivity (Wildman–Crippen MR) is 140 cm³/mol. The highest BCUT2D eigenvalue weighted by atomic mass is 31.1. The average Bonchev–Trinajstić information content (AvgIpc) is 2.76. The molecule has 0 aromatic heterocycles. The Morgan fingerprint density at radius 3 is 1.31 bits per heavy atom. The minimum absolute atomic E-state index is 0. The summed E-state index contributed by atoms with van der Waals surface area (Å²) >= 11 is 0. The van der Waals surface area contributed by atoms with Crippen LogP contribution in [0.3, 0.4) is 0 Å². The van der Waals surface area contributed by atoms with Crippen LogP contribution in [0.4, 0.5) is 26.3 Å². The normalized spacial score (nSPS) is 18.5. The van der Waals surface area contributed by atoms with E-state index in [1.54, 1.807) is 12.1 Å². The number of hydrogen-bond donors (Lipinski definition) is 0. The molecule has 0 unspecified atom stereocenters. The van der Waals surface area contributed by atoms with E-state index in [4.69, 9.17) is 9.47 Å². The van der Waals surface area contributed by atoms with Gasteiger partial charge >= 0.3 is 12.4 Å². The van der Waals surface area contributed by atoms with Crippen LogP contribution in [0.5, 0.6) is 11.5 Å². The van der Waals surface area contributed by atoms with E-state index in [0.29, 0.717) is 11.3 Å². The summed E-state index contributed by atoms with van der Waals surface area (Å²) in [6.45, 7) is 6.04. The Hall–Kier alpha value is -1.11. The molecular formula is C26H42BF6O2P. The van der Waals surface area contributed by atoms with Crippen LogP contribution in [-0.4, -0.2) is 43.0 Å². The number of alkyl halides is 6. The smallest absolute Gasteiger partial charge is 0.422 e. The Bertz CT molecular complexity index is 722. The molecule has 2 saturated carbocycles. The third-order valence-electron chi connectivity index (χ3n) is 6.11. The Morgan fingerprint density at radius 2 is 1.00 bits per heavy atom. The van der Waals surface area contributed by atoms with Gasteiger partial charge in [-0.15, -0.1) is 0 Å². The minimum Gasteiger partial charge on any atom is -0.484 e. The SMILES string of the molecule is C[B-](C)(C)C.FC(F)(F)COc1cc(OCC(F)(F)F)cc([PH+](C2CCCCC2)C2CCCCC2)c1. The van der Waals surface area contributed by atoms with Crippen molar-refractivity contribution >= 4 is 19.4 Å². The molecule has 2 nitrogen and oxygen atoms in total. The largest absolute Gasteiger partial charge is 0.484 e. The first-order chi connectivity index (χ1) is 16.6. The van der Waals surface area contributed by atoms with Gasteiger partial charge in [0.15, 0.2) is 13.2 Å². The van der Waals surface area contributed by atoms with Gasteiger partial charge in [0, 0.05) is 26.1 Å². The maximum Gasteiger partial charge on any atom is 0.422 e. The minimum atomic E-state index is -4.52. The lowest BCUT2D eigenvalue weighted by Crippen LogP contribution is -2.27. The third-order valence-corrected chi connectivity index (χ3v) is 9.98. The summed E-state index contributed by atoms with van der Waals surface area (Å²) in [7, 11) is -1.20. The van der Waals surface area contributed by atoms with E-state index in [0.717, 1.165) is 62.7 Å². The van der Waals surface area contributed by atoms with E-state index in [1.165, 1.54) is 12.8 Å². The summed E-state index contributed by atoms with van der Waals surface area (Å²) < 4.78 is 86.0. The fourth-order valence-corrected chi connectivity index (χ4v) is 9.16. The molecule has 0 radical (unpaired) electrons. The molecule has 208 valence electrons. The zero-order valence-corrected chi connectivity index (χ0v) is 23.0. The Labute approximate surface area is 213 Å². The van der Waals surface area contributed by atoms with Gasteiger partial charge in [-0.05, 0) is 57.5 Å². The first kappa shape index (κ1) is 31.1. The van der Waals surface area contributed by atoms with Crippen LogP contribution < -0.4 is 14.8 Å². The van der Waals surface area contributed by atoms with Crippen molar-refractivity contribution in [2.24, 2.45) is 0 Å². The van der Waals surface area contributed by atoms with Gasteiger partial charge in [0.2, 0.25) is 0 Å². The van der Waals surface area contributed by atoms with Crippen LogP contribution in [0.15, 0.2) is 18.2 Å². The van der Waals surface area contributed by atoms with Crippen molar-refractivity contribution < 1.29 is 35.8 Å². The van der Waals surface area contributed by atoms with Crippen LogP contribution in [0.25, 0.3) is 0 Å². The van der Waals surface area contributed by atoms with Crippen LogP contribution in [0.2, 0.25) is 27.3 Å². The standard InChI is InChI=1S/C22H29F6O2P.C4H12B/c23-21(24,25)14-29-16-11-17(30-15-22(26,27)28)13-20(12-16)31(18-7-3-1-4-8-18)19-9-5-2-6-10-19;1-5(2,3)4/h11-13,18-19H,1-10,14-15H2;1-4H3/q;-1/p+1. The molecule has 36 heavy (non-hydrogen) atoms. The highest BCUT2D eigenvalue weighted by molar-refractivity contribution is 7.67. The topological polar surface area (TPSA) is 18.5 Å². The molecule has 0 aliphatic heterocycles. The molecule has 1 aromatic carbocycles. The molecule has 2 fully saturated rings. The molecule has 3 rings (SSSR count). The molecule has 10 heteroatoms. The first-order valence-electron chi connectivity index (χ1n) is 13.3. The highest BCUT2D eigenvalue weighted by Gasteiger charge is 2.40. The molecule has 0 spiro atoms. The second kappa shape index (κ2) is 13.6. The molecule has 0 bridgehead atoms. The van der Waals surface area contributed by atoms with E-state index < -0.39 is 33.5 Å². The fourth-order valence-electron chi connectivity index (χ4n) is 4.87. The fraction of sp³-hybridized carbons (Fsp3) is 0.769. The molecule has 0 atom stereocenters. The van der Waals surface area contributed by atoms with Gasteiger partial charge in [-0.1, -0.05) is 12.8 Å². The predicted octanol–water partition coefficient (Wildman–Crippen LogP) is 9.03. The molecular weight excluding hydrogens is 500 g/mol. The quantitative estimate of drug-likeness (QED) is 0.195. The van der Waals surface area contributed by atoms with Crippen LogP contribution >= 0.6 is 7.92 Å². The average molecular weight is 542 g/mol. The summed E-state index contributed by atoms with van der Waals surface area (Å²) in [5.41, 5.74) is 0.963. The van der Waals surface area contributed by atoms with E-state index in [1.807, 2.05) is 0 Å². The van der Waals surface area contributed by atoms with Crippen molar-refractivity contribution in [2.45, 2.75) is 115 Å². The lowest BCUT2D eigenvalue weighted by molar-refractivity contribution is -0.153. The third kappa shape index (κ3) is 12.9. The molecule has 1 aromatic rings. The van der Waals surface area contributed by atoms with Gasteiger partial charge in [-0.2, -0.15) is 53.6 Å². The van der Waals surface area contributed by atoms with Gasteiger partial charge < -0.3 is 9.47 Å². The first-order valence-corrected chi connectivity index (χ1v) is 15.0. The van der Waals surface area contributed by atoms with Crippen LogP contribution in [0, 0.1) is 0 Å². The van der Waals surface area contributed by atoms with E-state index in [-0.39, 0.29) is 17.6 Å². The molecule has 0 amide bonds. The lowest BCUT2D eigenvalue weighted by atomic mass is 9.32. The van der Waals surface area contributed by atoms with Crippen molar-refractivity contribution in [1.82, 2.24) is 0 Å². The summed E-state index contributed by atoms with van der Waals surface area (Å²) in [4.78, 5) is 0. The van der Waals surface area contributed by atoms with Crippen molar-refractivity contribution in [3.8, 4) is 11.5 Å². The van der Waals surface area contributed by atoms with Crippen LogP contribution in [-0.2, 0) is 0 Å². The molecule has 0 heterocycles. The highest BCUT2D eigenvalue weighted by Crippen LogP contribution is 2.55. The summed E-state index contributed by atoms with van der Waals surface area (Å²) in [5.74, 6) is -0.137. The number of rotatable bonds is 7. The van der Waals surface area contributed by atoms with Crippen LogP contribution in [0.1, 0.15) is 64.2 Å². The maximum atomic E-state index is 12.7. The lowest BCUT2D eigenvalue weighted by Gasteiger charge is -2.32. The van der Waals surface area contributed by atoms with Gasteiger partial charge in [-0.3, -0.25) is 0 Å². The molecule has 2 aliphatic rings. The van der Waals surface area contributed by atoms with Crippen molar-refractivity contribution in [3.05, 3.63) is 18.2 Å². The summed E-state index contributed by atoms with van der Waals surface area (Å²) in [5, 5.41) is 0.848. The second-order valence-corrected chi connectivity index (χ2v) is 15.2. The number of benzene rings is 1. The monoisotopic (exact) mass is 542 g/mol. The maximum absolute atomic E-state index is 12.7. The molecule has 2 aliphatic carbocycles. The number of hydrogen-bond acceptors (Lipinski definition) is 2. The second-order valence-electron chi connectivity index (χ2n) is 12.1. The van der Waals surface area contributed by atoms with E-state index in [9.17, 15) is 26.3 Å². The van der Waals surface area contributed by atoms with E-state index >= 15 is 0 Å². The van der Waals surface area contributed by atoms with Crippen molar-refractivity contribution in [2.75, 3.05) is 13.2 Å². The Morgan fingerprint density at radius 1 is 0.667 bits per heavy atom. The van der Waals surface area contributed by atoms with Gasteiger partial charge in [-0.25, -0.2) is 0 Å². The molecule has 0 saturated heterocycles. The van der Waals surface area contributed by atoms with Gasteiger partial charge in [0.25, 0.3) is 0 Å². The number of halogens is 6. The van der Waals surface area contributed by atoms with E-state index in [2.05, 4.69) is 27.3 Å².